The monoisotopic (exact) mass is 540 g/mol. The Kier molecular flexibility index (Phi) is 7.10. The zero-order valence-corrected chi connectivity index (χ0v) is 23.2. The first-order valence-electron chi connectivity index (χ1n) is 13.8. The number of likely N-dealkylation sites (tertiary alicyclic amines) is 1. The van der Waals surface area contributed by atoms with Gasteiger partial charge >= 0.3 is 6.09 Å². The van der Waals surface area contributed by atoms with Crippen molar-refractivity contribution in [2.24, 2.45) is 5.92 Å². The summed E-state index contributed by atoms with van der Waals surface area (Å²) in [5, 5.41) is 13.6. The van der Waals surface area contributed by atoms with Crippen LogP contribution in [0.15, 0.2) is 24.3 Å². The third-order valence-corrected chi connectivity index (χ3v) is 8.89. The Morgan fingerprint density at radius 3 is 2.55 bits per heavy atom. The zero-order chi connectivity index (χ0) is 27.2. The molecule has 1 aromatic carbocycles. The number of ether oxygens (including phenoxy) is 1. The number of carbonyl (C=O) groups excluding carboxylic acids is 3. The summed E-state index contributed by atoms with van der Waals surface area (Å²) in [5.74, 6) is -0.706. The highest BCUT2D eigenvalue weighted by Gasteiger charge is 2.64. The Balaban J connectivity index is 1.38. The van der Waals surface area contributed by atoms with E-state index >= 15 is 0 Å². The van der Waals surface area contributed by atoms with E-state index in [9.17, 15) is 19.6 Å². The minimum atomic E-state index is -0.722. The van der Waals surface area contributed by atoms with Crippen LogP contribution in [0.3, 0.4) is 0 Å². The van der Waals surface area contributed by atoms with Gasteiger partial charge in [-0.25, -0.2) is 4.79 Å². The first-order chi connectivity index (χ1) is 18.0. The van der Waals surface area contributed by atoms with Crippen molar-refractivity contribution in [2.75, 3.05) is 6.54 Å². The van der Waals surface area contributed by atoms with Crippen molar-refractivity contribution in [3.63, 3.8) is 0 Å². The maximum Gasteiger partial charge on any atom is 0.408 e. The number of carbonyl (C=O) groups is 3. The Hall–Kier alpha value is -2.79. The van der Waals surface area contributed by atoms with Gasteiger partial charge in [-0.1, -0.05) is 36.6 Å². The number of fused-ring (bicyclic) bond motifs is 1. The second-order valence-corrected chi connectivity index (χ2v) is 12.7. The van der Waals surface area contributed by atoms with Gasteiger partial charge in [0.2, 0.25) is 11.8 Å². The maximum atomic E-state index is 14.2. The van der Waals surface area contributed by atoms with Gasteiger partial charge in [0.25, 0.3) is 0 Å². The van der Waals surface area contributed by atoms with E-state index in [1.807, 2.05) is 29.2 Å². The molecule has 1 saturated carbocycles. The van der Waals surface area contributed by atoms with Crippen molar-refractivity contribution < 1.29 is 19.1 Å². The molecule has 3 saturated heterocycles. The highest BCUT2D eigenvalue weighted by atomic mass is 35.5. The van der Waals surface area contributed by atoms with Crippen molar-refractivity contribution >= 4 is 29.5 Å². The molecule has 0 bridgehead atoms. The molecule has 8 nitrogen and oxygen atoms in total. The van der Waals surface area contributed by atoms with Gasteiger partial charge in [0.05, 0.1) is 17.5 Å². The Labute approximate surface area is 229 Å². The van der Waals surface area contributed by atoms with Crippen LogP contribution in [0.25, 0.3) is 0 Å². The Morgan fingerprint density at radius 2 is 1.89 bits per heavy atom. The van der Waals surface area contributed by atoms with Gasteiger partial charge in [-0.2, -0.15) is 5.26 Å². The number of nitrogens with one attached hydrogen (secondary N) is 1. The Bertz CT molecular complexity index is 1150. The molecule has 4 fully saturated rings. The number of amides is 3. The molecule has 0 radical (unpaired) electrons. The quantitative estimate of drug-likeness (QED) is 0.595. The van der Waals surface area contributed by atoms with E-state index in [1.165, 1.54) is 0 Å². The summed E-state index contributed by atoms with van der Waals surface area (Å²) in [5.41, 5.74) is -0.176. The first kappa shape index (κ1) is 26.8. The van der Waals surface area contributed by atoms with Crippen LogP contribution in [0, 0.1) is 17.2 Å². The van der Waals surface area contributed by atoms with Crippen LogP contribution >= 0.6 is 11.6 Å². The van der Waals surface area contributed by atoms with Crippen LogP contribution in [0.2, 0.25) is 5.02 Å². The Morgan fingerprint density at radius 1 is 1.16 bits per heavy atom. The first-order valence-corrected chi connectivity index (χ1v) is 14.2. The third-order valence-electron chi connectivity index (χ3n) is 8.65. The molecular formula is C29H37ClN4O4. The molecule has 0 unspecified atom stereocenters. The molecule has 1 aromatic rings. The average Bonchev–Trinajstić information content (AvgIpc) is 3.40. The lowest BCUT2D eigenvalue weighted by molar-refractivity contribution is -0.148. The molecule has 1 spiro atoms. The topological polar surface area (TPSA) is 103 Å². The predicted octanol–water partition coefficient (Wildman–Crippen LogP) is 4.77. The molecule has 0 aromatic heterocycles. The normalized spacial score (nSPS) is 30.3. The van der Waals surface area contributed by atoms with Crippen LogP contribution in [0.4, 0.5) is 4.79 Å². The van der Waals surface area contributed by atoms with Crippen molar-refractivity contribution in [1.82, 2.24) is 15.1 Å². The second-order valence-electron chi connectivity index (χ2n) is 12.3. The summed E-state index contributed by atoms with van der Waals surface area (Å²) in [4.78, 5) is 44.2. The smallest absolute Gasteiger partial charge is 0.408 e. The molecular weight excluding hydrogens is 504 g/mol. The summed E-state index contributed by atoms with van der Waals surface area (Å²) in [6.45, 7) is 5.80. The van der Waals surface area contributed by atoms with Crippen LogP contribution < -0.4 is 5.32 Å². The van der Waals surface area contributed by atoms with Gasteiger partial charge < -0.3 is 19.9 Å². The minimum absolute atomic E-state index is 0.0204. The van der Waals surface area contributed by atoms with Crippen molar-refractivity contribution in [1.29, 1.82) is 5.26 Å². The maximum absolute atomic E-state index is 14.2. The number of hydrogen-bond donors (Lipinski definition) is 1. The molecule has 3 aliphatic heterocycles. The molecule has 1 N–H and O–H groups in total. The summed E-state index contributed by atoms with van der Waals surface area (Å²) in [7, 11) is 0. The van der Waals surface area contributed by atoms with Gasteiger partial charge in [0.1, 0.15) is 17.7 Å². The van der Waals surface area contributed by atoms with E-state index in [4.69, 9.17) is 16.3 Å². The number of benzene rings is 1. The third kappa shape index (κ3) is 4.98. The van der Waals surface area contributed by atoms with Gasteiger partial charge in [-0.3, -0.25) is 9.59 Å². The van der Waals surface area contributed by atoms with Gasteiger partial charge in [-0.05, 0) is 77.0 Å². The lowest BCUT2D eigenvalue weighted by Crippen LogP contribution is -2.58. The number of nitriles is 1. The average molecular weight is 541 g/mol. The summed E-state index contributed by atoms with van der Waals surface area (Å²) in [6, 6.07) is 8.75. The van der Waals surface area contributed by atoms with E-state index in [0.29, 0.717) is 24.4 Å². The number of alkyl carbamates (subject to hydrolysis) is 1. The fourth-order valence-corrected chi connectivity index (χ4v) is 7.03. The molecule has 3 heterocycles. The van der Waals surface area contributed by atoms with Gasteiger partial charge in [0.15, 0.2) is 0 Å². The lowest BCUT2D eigenvalue weighted by atomic mass is 9.85. The second kappa shape index (κ2) is 10.1. The van der Waals surface area contributed by atoms with Crippen molar-refractivity contribution in [3.8, 4) is 6.07 Å². The molecule has 4 aliphatic rings. The summed E-state index contributed by atoms with van der Waals surface area (Å²) >= 11 is 6.26. The molecule has 1 aliphatic carbocycles. The largest absolute Gasteiger partial charge is 0.444 e. The van der Waals surface area contributed by atoms with E-state index in [0.717, 1.165) is 44.1 Å². The van der Waals surface area contributed by atoms with E-state index in [2.05, 4.69) is 11.4 Å². The van der Waals surface area contributed by atoms with Crippen LogP contribution in [-0.4, -0.2) is 63.5 Å². The van der Waals surface area contributed by atoms with Crippen LogP contribution in [0.1, 0.15) is 83.6 Å². The molecule has 9 heteroatoms. The highest BCUT2D eigenvalue weighted by molar-refractivity contribution is 6.30. The van der Waals surface area contributed by atoms with E-state index in [1.54, 1.807) is 25.7 Å². The SMILES string of the molecule is CC(C)(C)OC(=O)N[C@H]1CCCC[C@H]2CC[C@@H](C(=O)N3C[C@@H](c4cccc(Cl)c4)[C@H](C#N)C34CC4)N2C1=O. The number of nitrogens with zero attached hydrogens (tertiary/aromatic N) is 3. The number of rotatable bonds is 3. The predicted molar refractivity (Wildman–Crippen MR) is 142 cm³/mol. The molecule has 38 heavy (non-hydrogen) atoms. The molecule has 204 valence electrons. The standard InChI is InChI=1S/C29H37ClN4O4/c1-28(2,3)38-27(37)32-23-10-5-4-9-20-11-12-24(34(20)25(23)35)26(36)33-17-21(18-7-6-8-19(30)15-18)22(16-31)29(33)13-14-29/h6-8,15,20-24H,4-5,9-14,17H2,1-3H3,(H,32,37)/t20-,21-,22-,23-,24-/m0/s1. The zero-order valence-electron chi connectivity index (χ0n) is 22.4. The van der Waals surface area contributed by atoms with Gasteiger partial charge in [-0.15, -0.1) is 0 Å². The van der Waals surface area contributed by atoms with E-state index < -0.39 is 29.3 Å². The van der Waals surface area contributed by atoms with Gasteiger partial charge in [0, 0.05) is 23.5 Å². The molecule has 5 rings (SSSR count). The molecule has 3 amide bonds. The fraction of sp³-hybridized carbons (Fsp3) is 0.655. The van der Waals surface area contributed by atoms with Crippen molar-refractivity contribution in [3.05, 3.63) is 34.9 Å². The lowest BCUT2D eigenvalue weighted by Gasteiger charge is -2.37. The summed E-state index contributed by atoms with van der Waals surface area (Å²) < 4.78 is 5.41. The minimum Gasteiger partial charge on any atom is -0.444 e. The number of halogens is 1. The van der Waals surface area contributed by atoms with Crippen molar-refractivity contribution in [2.45, 2.75) is 107 Å². The highest BCUT2D eigenvalue weighted by Crippen LogP contribution is 2.58. The van der Waals surface area contributed by atoms with Crippen LogP contribution in [0.5, 0.6) is 0 Å². The summed E-state index contributed by atoms with van der Waals surface area (Å²) in [6.07, 6.45) is 5.46. The van der Waals surface area contributed by atoms with E-state index in [-0.39, 0.29) is 29.7 Å². The molecule has 5 atom stereocenters. The number of hydrogen-bond acceptors (Lipinski definition) is 5. The fourth-order valence-electron chi connectivity index (χ4n) is 6.83. The van der Waals surface area contributed by atoms with Crippen LogP contribution in [-0.2, 0) is 14.3 Å².